The van der Waals surface area contributed by atoms with Gasteiger partial charge in [0, 0.05) is 24.3 Å². The molecule has 0 bridgehead atoms. The number of nitrogens with one attached hydrogen (secondary N) is 3. The SMILES string of the molecule is Cc1cc(C2CCN(CCF)CC2)cc2[nH]c(-c3c(NC[C@@H](O)c4cccc(Cl)c4)cc[nH]c3=O)nc12. The minimum Gasteiger partial charge on any atom is -0.387 e. The second-order valence-corrected chi connectivity index (χ2v) is 10.1. The van der Waals surface area contributed by atoms with Gasteiger partial charge < -0.3 is 25.3 Å². The number of benzene rings is 2. The van der Waals surface area contributed by atoms with Crippen LogP contribution < -0.4 is 10.9 Å². The quantitative estimate of drug-likeness (QED) is 0.255. The molecule has 0 amide bonds. The first-order chi connectivity index (χ1) is 17.9. The number of H-pyrrole nitrogens is 2. The van der Waals surface area contributed by atoms with E-state index in [0.29, 0.717) is 40.1 Å². The van der Waals surface area contributed by atoms with Gasteiger partial charge in [-0.15, -0.1) is 0 Å². The summed E-state index contributed by atoms with van der Waals surface area (Å²) >= 11 is 6.06. The molecule has 9 heteroatoms. The molecule has 0 aliphatic carbocycles. The highest BCUT2D eigenvalue weighted by atomic mass is 35.5. The first-order valence-corrected chi connectivity index (χ1v) is 13.0. The number of hydrogen-bond acceptors (Lipinski definition) is 5. The third-order valence-corrected chi connectivity index (χ3v) is 7.41. The molecule has 0 radical (unpaired) electrons. The molecule has 5 rings (SSSR count). The van der Waals surface area contributed by atoms with Crippen LogP contribution in [0.4, 0.5) is 10.1 Å². The fourth-order valence-corrected chi connectivity index (χ4v) is 5.38. The van der Waals surface area contributed by atoms with E-state index in [1.165, 1.54) is 5.56 Å². The molecule has 7 nitrogen and oxygen atoms in total. The number of nitrogens with zero attached hydrogens (tertiary/aromatic N) is 2. The van der Waals surface area contributed by atoms with Gasteiger partial charge in [0.25, 0.3) is 5.56 Å². The van der Waals surface area contributed by atoms with Gasteiger partial charge in [-0.1, -0.05) is 29.8 Å². The summed E-state index contributed by atoms with van der Waals surface area (Å²) in [6.07, 6.45) is 2.75. The van der Waals surface area contributed by atoms with E-state index in [1.807, 2.05) is 6.92 Å². The first kappa shape index (κ1) is 25.4. The number of hydrogen-bond donors (Lipinski definition) is 4. The van der Waals surface area contributed by atoms with Gasteiger partial charge in [-0.05, 0) is 79.7 Å². The first-order valence-electron chi connectivity index (χ1n) is 12.6. The molecular weight excluding hydrogens is 493 g/mol. The van der Waals surface area contributed by atoms with Crippen LogP contribution in [-0.4, -0.2) is 57.8 Å². The van der Waals surface area contributed by atoms with Crippen LogP contribution in [0, 0.1) is 6.92 Å². The highest BCUT2D eigenvalue weighted by molar-refractivity contribution is 6.30. The number of alkyl halides is 1. The predicted molar refractivity (Wildman–Crippen MR) is 146 cm³/mol. The van der Waals surface area contributed by atoms with E-state index in [0.717, 1.165) is 42.5 Å². The van der Waals surface area contributed by atoms with Crippen molar-refractivity contribution in [3.8, 4) is 11.4 Å². The highest BCUT2D eigenvalue weighted by Crippen LogP contribution is 2.33. The Bertz CT molecular complexity index is 1440. The minimum absolute atomic E-state index is 0.196. The predicted octanol–water partition coefficient (Wildman–Crippen LogP) is 5.17. The van der Waals surface area contributed by atoms with Crippen LogP contribution >= 0.6 is 11.6 Å². The van der Waals surface area contributed by atoms with Gasteiger partial charge in [-0.25, -0.2) is 9.37 Å². The van der Waals surface area contributed by atoms with Crippen molar-refractivity contribution in [3.05, 3.63) is 80.7 Å². The standard InChI is InChI=1S/C28H31ClFN5O2/c1-17-13-20(18-6-10-35(11-7-18)12-8-30)15-23-26(17)34-27(33-23)25-22(5-9-31-28(25)37)32-16-24(36)19-3-2-4-21(29)14-19/h2-5,9,13-15,18,24,36H,6-8,10-12,16H2,1H3,(H,33,34)(H2,31,32,37)/t24-/m1/s1. The summed E-state index contributed by atoms with van der Waals surface area (Å²) in [6, 6.07) is 13.1. The molecule has 1 aliphatic rings. The van der Waals surface area contributed by atoms with Crippen molar-refractivity contribution in [3.63, 3.8) is 0 Å². The van der Waals surface area contributed by atoms with Crippen molar-refractivity contribution >= 4 is 28.3 Å². The highest BCUT2D eigenvalue weighted by Gasteiger charge is 2.22. The lowest BCUT2D eigenvalue weighted by molar-refractivity contribution is 0.191. The minimum atomic E-state index is -0.803. The number of aliphatic hydroxyl groups excluding tert-OH is 1. The Morgan fingerprint density at radius 1 is 1.24 bits per heavy atom. The van der Waals surface area contributed by atoms with Crippen molar-refractivity contribution in [2.24, 2.45) is 0 Å². The van der Waals surface area contributed by atoms with Crippen molar-refractivity contribution in [1.82, 2.24) is 19.9 Å². The lowest BCUT2D eigenvalue weighted by atomic mass is 9.88. The maximum atomic E-state index is 12.9. The van der Waals surface area contributed by atoms with Crippen molar-refractivity contribution in [2.75, 3.05) is 38.2 Å². The lowest BCUT2D eigenvalue weighted by Crippen LogP contribution is -2.34. The number of aryl methyl sites for hydroxylation is 1. The van der Waals surface area contributed by atoms with Crippen molar-refractivity contribution in [2.45, 2.75) is 31.8 Å². The Kier molecular flexibility index (Phi) is 7.60. The van der Waals surface area contributed by atoms with Gasteiger partial charge in [0.2, 0.25) is 0 Å². The molecule has 4 N–H and O–H groups in total. The molecule has 2 aromatic carbocycles. The van der Waals surface area contributed by atoms with Crippen LogP contribution in [0.25, 0.3) is 22.4 Å². The second-order valence-electron chi connectivity index (χ2n) is 9.67. The summed E-state index contributed by atoms with van der Waals surface area (Å²) in [5.74, 6) is 0.880. The molecule has 194 valence electrons. The van der Waals surface area contributed by atoms with Gasteiger partial charge in [-0.2, -0.15) is 0 Å². The Balaban J connectivity index is 1.40. The lowest BCUT2D eigenvalue weighted by Gasteiger charge is -2.31. The number of imidazole rings is 1. The Morgan fingerprint density at radius 3 is 2.81 bits per heavy atom. The van der Waals surface area contributed by atoms with Gasteiger partial charge in [0.1, 0.15) is 18.1 Å². The average molecular weight is 524 g/mol. The topological polar surface area (TPSA) is 97.0 Å². The normalized spacial score (nSPS) is 15.8. The Hall–Kier alpha value is -3.20. The zero-order chi connectivity index (χ0) is 25.9. The zero-order valence-corrected chi connectivity index (χ0v) is 21.5. The number of aromatic nitrogens is 3. The maximum absolute atomic E-state index is 12.9. The number of aliphatic hydroxyl groups is 1. The fraction of sp³-hybridized carbons (Fsp3) is 0.357. The molecule has 1 fully saturated rings. The van der Waals surface area contributed by atoms with Crippen LogP contribution in [0.1, 0.15) is 41.6 Å². The number of likely N-dealkylation sites (tertiary alicyclic amines) is 1. The number of anilines is 1. The number of pyridine rings is 1. The number of fused-ring (bicyclic) bond motifs is 1. The van der Waals surface area contributed by atoms with Crippen LogP contribution in [0.15, 0.2) is 53.5 Å². The van der Waals surface area contributed by atoms with E-state index in [-0.39, 0.29) is 18.8 Å². The molecule has 0 unspecified atom stereocenters. The van der Waals surface area contributed by atoms with E-state index < -0.39 is 6.10 Å². The maximum Gasteiger partial charge on any atom is 0.261 e. The molecule has 1 atom stereocenters. The summed E-state index contributed by atoms with van der Waals surface area (Å²) in [7, 11) is 0. The molecule has 1 aliphatic heterocycles. The van der Waals surface area contributed by atoms with E-state index >= 15 is 0 Å². The number of aromatic amines is 2. The third-order valence-electron chi connectivity index (χ3n) is 7.18. The van der Waals surface area contributed by atoms with Gasteiger partial charge in [-0.3, -0.25) is 4.79 Å². The van der Waals surface area contributed by atoms with E-state index in [2.05, 4.69) is 32.3 Å². The van der Waals surface area contributed by atoms with Crippen molar-refractivity contribution < 1.29 is 9.50 Å². The molecule has 1 saturated heterocycles. The molecular formula is C28H31ClFN5O2. The molecule has 3 heterocycles. The van der Waals surface area contributed by atoms with Crippen LogP contribution in [0.3, 0.4) is 0 Å². The van der Waals surface area contributed by atoms with Crippen LogP contribution in [0.2, 0.25) is 5.02 Å². The van der Waals surface area contributed by atoms with Crippen LogP contribution in [-0.2, 0) is 0 Å². The number of halogens is 2. The second kappa shape index (κ2) is 11.0. The Labute approximate surface area is 219 Å². The van der Waals surface area contributed by atoms with Gasteiger partial charge in [0.05, 0.1) is 22.8 Å². The van der Waals surface area contributed by atoms with E-state index in [4.69, 9.17) is 16.6 Å². The Morgan fingerprint density at radius 2 is 2.05 bits per heavy atom. The van der Waals surface area contributed by atoms with E-state index in [9.17, 15) is 14.3 Å². The summed E-state index contributed by atoms with van der Waals surface area (Å²) in [4.78, 5) is 25.9. The summed E-state index contributed by atoms with van der Waals surface area (Å²) in [5.41, 5.74) is 5.35. The van der Waals surface area contributed by atoms with E-state index in [1.54, 1.807) is 36.5 Å². The molecule has 2 aromatic heterocycles. The summed E-state index contributed by atoms with van der Waals surface area (Å²) in [5, 5.41) is 14.4. The molecule has 0 saturated carbocycles. The fourth-order valence-electron chi connectivity index (χ4n) is 5.18. The average Bonchev–Trinajstić information content (AvgIpc) is 3.32. The number of piperidine rings is 1. The molecule has 0 spiro atoms. The van der Waals surface area contributed by atoms with Gasteiger partial charge in [0.15, 0.2) is 0 Å². The summed E-state index contributed by atoms with van der Waals surface area (Å²) < 4.78 is 12.7. The smallest absolute Gasteiger partial charge is 0.261 e. The zero-order valence-electron chi connectivity index (χ0n) is 20.7. The van der Waals surface area contributed by atoms with Crippen molar-refractivity contribution in [1.29, 1.82) is 0 Å². The largest absolute Gasteiger partial charge is 0.387 e. The van der Waals surface area contributed by atoms with Gasteiger partial charge >= 0.3 is 0 Å². The number of rotatable bonds is 8. The molecule has 37 heavy (non-hydrogen) atoms. The third kappa shape index (κ3) is 5.56. The van der Waals surface area contributed by atoms with Crippen LogP contribution in [0.5, 0.6) is 0 Å². The monoisotopic (exact) mass is 523 g/mol. The summed E-state index contributed by atoms with van der Waals surface area (Å²) in [6.45, 7) is 4.23. The molecule has 4 aromatic rings.